The van der Waals surface area contributed by atoms with Gasteiger partial charge in [-0.1, -0.05) is 110 Å². The van der Waals surface area contributed by atoms with E-state index in [2.05, 4.69) is 54.0 Å². The van der Waals surface area contributed by atoms with E-state index in [1.165, 1.54) is 5.56 Å². The predicted molar refractivity (Wildman–Crippen MR) is 219 cm³/mol. The van der Waals surface area contributed by atoms with E-state index < -0.39 is 8.24 Å². The number of hydrogen-bond acceptors (Lipinski definition) is 5. The van der Waals surface area contributed by atoms with Gasteiger partial charge in [0.2, 0.25) is 0 Å². The summed E-state index contributed by atoms with van der Waals surface area (Å²) in [4.78, 5) is 26.6. The molecule has 0 saturated heterocycles. The molecule has 2 N–H and O–H groups in total. The number of unbranched alkanes of at least 4 members (excludes halogenated alkanes) is 1. The smallest absolute Gasteiger partial charge is 0.391 e. The van der Waals surface area contributed by atoms with E-state index in [4.69, 9.17) is 12.9 Å². The third kappa shape index (κ3) is 7.45. The van der Waals surface area contributed by atoms with E-state index in [-0.39, 0.29) is 11.8 Å². The lowest BCUT2D eigenvalue weighted by atomic mass is 9.99. The number of aryl methyl sites for hydroxylation is 1. The first-order chi connectivity index (χ1) is 26.5. The van der Waals surface area contributed by atoms with Crippen molar-refractivity contribution in [2.75, 3.05) is 11.9 Å². The molecule has 0 spiro atoms. The molecular formula is C46H39N2O5P. The maximum Gasteiger partial charge on any atom is 0.453 e. The topological polar surface area (TPSA) is 93.7 Å². The molecule has 54 heavy (non-hydrogen) atoms. The molecule has 8 aromatic rings. The summed E-state index contributed by atoms with van der Waals surface area (Å²) in [6, 6.07) is 47.1. The Morgan fingerprint density at radius 3 is 1.87 bits per heavy atom. The fraction of sp³-hybridized carbons (Fsp3) is 0.130. The zero-order chi connectivity index (χ0) is 36.9. The first-order valence-electron chi connectivity index (χ1n) is 18.3. The normalized spacial score (nSPS) is 11.2. The van der Waals surface area contributed by atoms with Crippen molar-refractivity contribution in [2.45, 2.75) is 32.6 Å². The molecule has 1 aromatic heterocycles. The highest BCUT2D eigenvalue weighted by atomic mass is 31.1. The molecule has 0 atom stereocenters. The Bertz CT molecular complexity index is 2590. The molecule has 7 nitrogen and oxygen atoms in total. The van der Waals surface area contributed by atoms with Gasteiger partial charge in [0.05, 0.1) is 11.1 Å². The van der Waals surface area contributed by atoms with Crippen molar-refractivity contribution in [1.82, 2.24) is 5.32 Å². The number of hydrogen-bond donors (Lipinski definition) is 2. The van der Waals surface area contributed by atoms with E-state index in [0.29, 0.717) is 46.7 Å². The third-order valence-electron chi connectivity index (χ3n) is 9.60. The first-order valence-corrected chi connectivity index (χ1v) is 19.4. The minimum absolute atomic E-state index is 0.315. The van der Waals surface area contributed by atoms with Gasteiger partial charge in [0.15, 0.2) is 0 Å². The zero-order valence-electron chi connectivity index (χ0n) is 29.9. The summed E-state index contributed by atoms with van der Waals surface area (Å²) in [5, 5.41) is 12.3. The lowest BCUT2D eigenvalue weighted by molar-refractivity contribution is 0.0940. The highest BCUT2D eigenvalue weighted by Gasteiger charge is 2.18. The molecule has 0 radical (unpaired) electrons. The van der Waals surface area contributed by atoms with Crippen molar-refractivity contribution in [3.63, 3.8) is 0 Å². The summed E-state index contributed by atoms with van der Waals surface area (Å²) in [6.07, 6.45) is 3.81. The number of carbonyl (C=O) groups excluding carboxylic acids is 2. The summed E-state index contributed by atoms with van der Waals surface area (Å²) >= 11 is 0. The van der Waals surface area contributed by atoms with E-state index in [0.717, 1.165) is 57.1 Å². The van der Waals surface area contributed by atoms with Crippen LogP contribution in [0.2, 0.25) is 0 Å². The van der Waals surface area contributed by atoms with Gasteiger partial charge in [-0.25, -0.2) is 0 Å². The highest BCUT2D eigenvalue weighted by Crippen LogP contribution is 2.41. The summed E-state index contributed by atoms with van der Waals surface area (Å²) in [5.41, 5.74) is 4.91. The van der Waals surface area contributed by atoms with Crippen LogP contribution in [-0.4, -0.2) is 18.4 Å². The molecule has 0 fully saturated rings. The van der Waals surface area contributed by atoms with Crippen molar-refractivity contribution in [2.24, 2.45) is 0 Å². The highest BCUT2D eigenvalue weighted by molar-refractivity contribution is 7.32. The van der Waals surface area contributed by atoms with Crippen LogP contribution in [0, 0.1) is 0 Å². The van der Waals surface area contributed by atoms with Gasteiger partial charge in [-0.05, 0) is 100 Å². The Morgan fingerprint density at radius 1 is 0.611 bits per heavy atom. The van der Waals surface area contributed by atoms with Gasteiger partial charge in [0, 0.05) is 23.0 Å². The maximum atomic E-state index is 13.3. The number of fused-ring (bicyclic) bond motifs is 7. The molecule has 0 aliphatic carbocycles. The summed E-state index contributed by atoms with van der Waals surface area (Å²) < 4.78 is 19.5. The average Bonchev–Trinajstić information content (AvgIpc) is 3.37. The van der Waals surface area contributed by atoms with E-state index in [9.17, 15) is 9.59 Å². The van der Waals surface area contributed by atoms with Gasteiger partial charge in [-0.2, -0.15) is 0 Å². The molecular weight excluding hydrogens is 691 g/mol. The number of benzene rings is 7. The molecule has 7 aromatic carbocycles. The molecule has 8 heteroatoms. The number of amides is 2. The fourth-order valence-electron chi connectivity index (χ4n) is 6.86. The number of anilines is 1. The Hall–Kier alpha value is -6.30. The maximum absolute atomic E-state index is 13.3. The van der Waals surface area contributed by atoms with Crippen LogP contribution in [0.1, 0.15) is 51.6 Å². The van der Waals surface area contributed by atoms with Crippen molar-refractivity contribution < 1.29 is 22.5 Å². The van der Waals surface area contributed by atoms with Crippen LogP contribution < -0.4 is 15.2 Å². The largest absolute Gasteiger partial charge is 0.453 e. The molecule has 2 amide bonds. The number of carbonyl (C=O) groups is 2. The minimum Gasteiger partial charge on any atom is -0.391 e. The van der Waals surface area contributed by atoms with Crippen LogP contribution in [0.25, 0.3) is 43.5 Å². The van der Waals surface area contributed by atoms with Gasteiger partial charge in [0.1, 0.15) is 16.9 Å². The third-order valence-corrected chi connectivity index (χ3v) is 10.7. The molecule has 268 valence electrons. The SMILES string of the molecule is CCCCc1ccc(NC(=O)c2ccccc2C(=O)NCCc2cccc(Op3oc4ccc5ccccc5c4c4c(ccc5ccccc54)o3)c2)cc1. The minimum atomic E-state index is -1.87. The van der Waals surface area contributed by atoms with Crippen LogP contribution in [0.4, 0.5) is 5.69 Å². The van der Waals surface area contributed by atoms with Gasteiger partial charge < -0.3 is 23.6 Å². The second-order valence-electron chi connectivity index (χ2n) is 13.3. The average molecular weight is 731 g/mol. The molecule has 0 aliphatic rings. The quantitative estimate of drug-likeness (QED) is 0.138. The summed E-state index contributed by atoms with van der Waals surface area (Å²) in [5.74, 6) is -0.0514. The summed E-state index contributed by atoms with van der Waals surface area (Å²) in [6.45, 7) is 2.53. The fourth-order valence-corrected chi connectivity index (χ4v) is 7.88. The van der Waals surface area contributed by atoms with Crippen LogP contribution in [0.5, 0.6) is 5.75 Å². The Labute approximate surface area is 314 Å². The molecule has 0 saturated carbocycles. The van der Waals surface area contributed by atoms with E-state index in [1.807, 2.05) is 84.9 Å². The van der Waals surface area contributed by atoms with E-state index in [1.54, 1.807) is 24.3 Å². The summed E-state index contributed by atoms with van der Waals surface area (Å²) in [7, 11) is -1.87. The van der Waals surface area contributed by atoms with E-state index >= 15 is 0 Å². The van der Waals surface area contributed by atoms with Crippen LogP contribution >= 0.6 is 8.24 Å². The van der Waals surface area contributed by atoms with Crippen molar-refractivity contribution in [3.8, 4) is 5.75 Å². The molecule has 0 bridgehead atoms. The second kappa shape index (κ2) is 15.7. The van der Waals surface area contributed by atoms with Gasteiger partial charge >= 0.3 is 8.24 Å². The second-order valence-corrected chi connectivity index (χ2v) is 14.3. The van der Waals surface area contributed by atoms with Crippen LogP contribution in [0.15, 0.2) is 154 Å². The number of rotatable bonds is 11. The molecule has 1 heterocycles. The molecule has 0 unspecified atom stereocenters. The predicted octanol–water partition coefficient (Wildman–Crippen LogP) is 12.0. The Kier molecular flexibility index (Phi) is 10.1. The molecule has 8 rings (SSSR count). The van der Waals surface area contributed by atoms with Crippen LogP contribution in [0.3, 0.4) is 0 Å². The van der Waals surface area contributed by atoms with Crippen molar-refractivity contribution >= 4 is 69.2 Å². The van der Waals surface area contributed by atoms with Gasteiger partial charge in [-0.15, -0.1) is 0 Å². The van der Waals surface area contributed by atoms with Gasteiger partial charge in [0.25, 0.3) is 11.8 Å². The monoisotopic (exact) mass is 730 g/mol. The van der Waals surface area contributed by atoms with Crippen LogP contribution in [-0.2, 0) is 12.8 Å². The molecule has 0 aliphatic heterocycles. The van der Waals surface area contributed by atoms with Crippen molar-refractivity contribution in [3.05, 3.63) is 168 Å². The lowest BCUT2D eigenvalue weighted by Crippen LogP contribution is -2.28. The Morgan fingerprint density at radius 2 is 1.22 bits per heavy atom. The number of nitrogens with one attached hydrogen (secondary N) is 2. The lowest BCUT2D eigenvalue weighted by Gasteiger charge is -2.11. The van der Waals surface area contributed by atoms with Gasteiger partial charge in [-0.3, -0.25) is 9.59 Å². The standard InChI is InChI=1S/C46H39N2O5P/c1-2-3-11-31-20-24-35(25-21-31)48-46(50)40-19-9-8-18-39(40)45(49)47-29-28-32-12-10-15-36(30-32)51-54-52-41-26-22-33-13-4-6-16-37(33)43(41)44-38-17-7-5-14-34(38)23-27-42(44)53-54/h4-10,12-27,30H,2-3,11,28-29H2,1H3,(H,47,49)(H,48,50). The first kappa shape index (κ1) is 34.8. The van der Waals surface area contributed by atoms with Crippen molar-refractivity contribution in [1.29, 1.82) is 0 Å². The Balaban J connectivity index is 0.992. The zero-order valence-corrected chi connectivity index (χ0v) is 30.8.